The molecule has 1 aliphatic carbocycles. The van der Waals surface area contributed by atoms with E-state index >= 15 is 0 Å². The van der Waals surface area contributed by atoms with Crippen molar-refractivity contribution < 1.29 is 0 Å². The summed E-state index contributed by atoms with van der Waals surface area (Å²) in [5.74, 6) is 2.47. The van der Waals surface area contributed by atoms with Crippen LogP contribution < -0.4 is 10.2 Å². The van der Waals surface area contributed by atoms with Gasteiger partial charge in [-0.15, -0.1) is 0 Å². The quantitative estimate of drug-likeness (QED) is 0.848. The summed E-state index contributed by atoms with van der Waals surface area (Å²) in [6, 6.07) is 2.43. The SMILES string of the molecule is CCNc1nc(N2CCC[C@H]3CCCC[C@H]32)c(Cl)cc1Cl. The molecule has 1 aliphatic heterocycles. The number of nitrogens with zero attached hydrogens (tertiary/aromatic N) is 2. The van der Waals surface area contributed by atoms with Crippen molar-refractivity contribution in [2.24, 2.45) is 5.92 Å². The molecule has 21 heavy (non-hydrogen) atoms. The fraction of sp³-hybridized carbons (Fsp3) is 0.688. The average Bonchev–Trinajstić information content (AvgIpc) is 2.50. The molecule has 3 nitrogen and oxygen atoms in total. The molecule has 3 rings (SSSR count). The number of aromatic nitrogens is 1. The Morgan fingerprint density at radius 1 is 1.19 bits per heavy atom. The topological polar surface area (TPSA) is 28.2 Å². The normalized spacial score (nSPS) is 25.6. The minimum absolute atomic E-state index is 0.600. The van der Waals surface area contributed by atoms with Gasteiger partial charge in [-0.3, -0.25) is 0 Å². The van der Waals surface area contributed by atoms with Crippen LogP contribution in [0.1, 0.15) is 45.4 Å². The Kier molecular flexibility index (Phi) is 4.80. The van der Waals surface area contributed by atoms with Gasteiger partial charge in [-0.2, -0.15) is 0 Å². The van der Waals surface area contributed by atoms with Crippen LogP contribution in [0.4, 0.5) is 11.6 Å². The maximum Gasteiger partial charge on any atom is 0.150 e. The van der Waals surface area contributed by atoms with Crippen molar-refractivity contribution in [3.8, 4) is 0 Å². The van der Waals surface area contributed by atoms with E-state index in [4.69, 9.17) is 28.2 Å². The number of hydrogen-bond acceptors (Lipinski definition) is 3. The highest BCUT2D eigenvalue weighted by Crippen LogP contribution is 2.40. The molecule has 0 spiro atoms. The van der Waals surface area contributed by atoms with Crippen molar-refractivity contribution in [1.82, 2.24) is 4.98 Å². The van der Waals surface area contributed by atoms with E-state index in [0.29, 0.717) is 16.1 Å². The monoisotopic (exact) mass is 327 g/mol. The van der Waals surface area contributed by atoms with Crippen molar-refractivity contribution in [2.45, 2.75) is 51.5 Å². The summed E-state index contributed by atoms with van der Waals surface area (Å²) < 4.78 is 0. The first-order chi connectivity index (χ1) is 10.2. The molecule has 0 radical (unpaired) electrons. The predicted octanol–water partition coefficient (Wildman–Crippen LogP) is 4.98. The van der Waals surface area contributed by atoms with E-state index in [2.05, 4.69) is 10.2 Å². The molecule has 0 unspecified atom stereocenters. The molecule has 1 saturated carbocycles. The van der Waals surface area contributed by atoms with E-state index in [-0.39, 0.29) is 0 Å². The molecular weight excluding hydrogens is 305 g/mol. The highest BCUT2D eigenvalue weighted by molar-refractivity contribution is 6.37. The Bertz CT molecular complexity index is 505. The van der Waals surface area contributed by atoms with E-state index in [9.17, 15) is 0 Å². The van der Waals surface area contributed by atoms with Crippen LogP contribution >= 0.6 is 23.2 Å². The summed E-state index contributed by atoms with van der Waals surface area (Å²) in [4.78, 5) is 7.16. The molecule has 0 aromatic carbocycles. The van der Waals surface area contributed by atoms with Gasteiger partial charge in [-0.1, -0.05) is 36.0 Å². The van der Waals surface area contributed by atoms with Gasteiger partial charge in [0.15, 0.2) is 0 Å². The first-order valence-electron chi connectivity index (χ1n) is 8.07. The number of anilines is 2. The van der Waals surface area contributed by atoms with Gasteiger partial charge in [-0.25, -0.2) is 4.98 Å². The van der Waals surface area contributed by atoms with Gasteiger partial charge >= 0.3 is 0 Å². The number of rotatable bonds is 3. The van der Waals surface area contributed by atoms with Crippen molar-refractivity contribution in [1.29, 1.82) is 0 Å². The first kappa shape index (κ1) is 15.2. The number of nitrogens with one attached hydrogen (secondary N) is 1. The summed E-state index contributed by atoms with van der Waals surface area (Å²) in [5.41, 5.74) is 0. The van der Waals surface area contributed by atoms with Gasteiger partial charge in [0.1, 0.15) is 11.6 Å². The molecule has 1 aromatic rings. The second kappa shape index (κ2) is 6.62. The molecule has 1 saturated heterocycles. The van der Waals surface area contributed by atoms with Crippen molar-refractivity contribution >= 4 is 34.8 Å². The van der Waals surface area contributed by atoms with Gasteiger partial charge in [0.05, 0.1) is 10.0 Å². The Balaban J connectivity index is 1.92. The Labute approximate surface area is 137 Å². The molecular formula is C16H23Cl2N3. The Morgan fingerprint density at radius 2 is 1.95 bits per heavy atom. The number of pyridine rings is 1. The minimum Gasteiger partial charge on any atom is -0.369 e. The second-order valence-corrected chi connectivity index (χ2v) is 6.92. The van der Waals surface area contributed by atoms with Crippen LogP contribution in [0.2, 0.25) is 10.0 Å². The second-order valence-electron chi connectivity index (χ2n) is 6.10. The standard InChI is InChI=1S/C16H23Cl2N3/c1-2-19-15-12(17)10-13(18)16(20-15)21-9-5-7-11-6-3-4-8-14(11)21/h10-11,14H,2-9H2,1H3,(H,19,20)/t11-,14-/m1/s1. The van der Waals surface area contributed by atoms with Gasteiger partial charge in [0.2, 0.25) is 0 Å². The van der Waals surface area contributed by atoms with Crippen LogP contribution in [0, 0.1) is 5.92 Å². The third kappa shape index (κ3) is 3.09. The molecule has 2 fully saturated rings. The number of piperidine rings is 1. The Hall–Kier alpha value is -0.670. The number of hydrogen-bond donors (Lipinski definition) is 1. The zero-order valence-electron chi connectivity index (χ0n) is 12.5. The highest BCUT2D eigenvalue weighted by atomic mass is 35.5. The van der Waals surface area contributed by atoms with E-state index in [1.165, 1.54) is 38.5 Å². The third-order valence-corrected chi connectivity index (χ3v) is 5.34. The van der Waals surface area contributed by atoms with Gasteiger partial charge in [-0.05, 0) is 44.6 Å². The van der Waals surface area contributed by atoms with Crippen molar-refractivity contribution in [2.75, 3.05) is 23.3 Å². The number of fused-ring (bicyclic) bond motifs is 1. The molecule has 1 N–H and O–H groups in total. The van der Waals surface area contributed by atoms with Crippen LogP contribution in [0.3, 0.4) is 0 Å². The predicted molar refractivity (Wildman–Crippen MR) is 90.7 cm³/mol. The molecule has 0 amide bonds. The Morgan fingerprint density at radius 3 is 2.76 bits per heavy atom. The lowest BCUT2D eigenvalue weighted by molar-refractivity contribution is 0.243. The molecule has 2 atom stereocenters. The van der Waals surface area contributed by atoms with Crippen LogP contribution in [0.25, 0.3) is 0 Å². The number of halogens is 2. The van der Waals surface area contributed by atoms with Crippen LogP contribution in [-0.4, -0.2) is 24.1 Å². The summed E-state index contributed by atoms with van der Waals surface area (Å²) in [6.45, 7) is 3.91. The molecule has 116 valence electrons. The fourth-order valence-electron chi connectivity index (χ4n) is 3.84. The molecule has 2 heterocycles. The highest BCUT2D eigenvalue weighted by Gasteiger charge is 2.34. The van der Waals surface area contributed by atoms with Crippen molar-refractivity contribution in [3.63, 3.8) is 0 Å². The van der Waals surface area contributed by atoms with E-state index in [1.807, 2.05) is 13.0 Å². The summed E-state index contributed by atoms with van der Waals surface area (Å²) in [5, 5.41) is 4.50. The summed E-state index contributed by atoms with van der Waals surface area (Å²) in [6.07, 6.45) is 7.90. The maximum atomic E-state index is 6.45. The zero-order valence-corrected chi connectivity index (χ0v) is 14.1. The van der Waals surface area contributed by atoms with E-state index in [1.54, 1.807) is 0 Å². The lowest BCUT2D eigenvalue weighted by atomic mass is 9.78. The van der Waals surface area contributed by atoms with Crippen LogP contribution in [0.15, 0.2) is 6.07 Å². The molecule has 1 aromatic heterocycles. The minimum atomic E-state index is 0.600. The van der Waals surface area contributed by atoms with E-state index in [0.717, 1.165) is 30.6 Å². The van der Waals surface area contributed by atoms with Crippen LogP contribution in [0.5, 0.6) is 0 Å². The molecule has 5 heteroatoms. The fourth-order valence-corrected chi connectivity index (χ4v) is 4.37. The first-order valence-corrected chi connectivity index (χ1v) is 8.83. The van der Waals surface area contributed by atoms with Gasteiger partial charge in [0, 0.05) is 19.1 Å². The summed E-state index contributed by atoms with van der Waals surface area (Å²) in [7, 11) is 0. The maximum absolute atomic E-state index is 6.45. The smallest absolute Gasteiger partial charge is 0.150 e. The van der Waals surface area contributed by atoms with E-state index < -0.39 is 0 Å². The van der Waals surface area contributed by atoms with Crippen LogP contribution in [-0.2, 0) is 0 Å². The summed E-state index contributed by atoms with van der Waals surface area (Å²) >= 11 is 12.7. The largest absolute Gasteiger partial charge is 0.369 e. The average molecular weight is 328 g/mol. The molecule has 2 aliphatic rings. The third-order valence-electron chi connectivity index (χ3n) is 4.77. The lowest BCUT2D eigenvalue weighted by Crippen LogP contribution is -2.47. The van der Waals surface area contributed by atoms with Crippen molar-refractivity contribution in [3.05, 3.63) is 16.1 Å². The zero-order chi connectivity index (χ0) is 14.8. The molecule has 0 bridgehead atoms. The lowest BCUT2D eigenvalue weighted by Gasteiger charge is -2.45. The van der Waals surface area contributed by atoms with Gasteiger partial charge in [0.25, 0.3) is 0 Å². The van der Waals surface area contributed by atoms with Gasteiger partial charge < -0.3 is 10.2 Å².